The largest absolute Gasteiger partial charge is 0.469 e. The summed E-state index contributed by atoms with van der Waals surface area (Å²) in [6.45, 7) is 10.3. The van der Waals surface area contributed by atoms with Crippen molar-refractivity contribution in [2.24, 2.45) is 11.8 Å². The van der Waals surface area contributed by atoms with Gasteiger partial charge in [0.15, 0.2) is 0 Å². The highest BCUT2D eigenvalue weighted by Crippen LogP contribution is 2.24. The van der Waals surface area contributed by atoms with Crippen molar-refractivity contribution in [3.63, 3.8) is 0 Å². The lowest BCUT2D eigenvalue weighted by Gasteiger charge is -2.38. The third-order valence-electron chi connectivity index (χ3n) is 5.24. The molecule has 2 aliphatic rings. The van der Waals surface area contributed by atoms with Crippen molar-refractivity contribution in [2.45, 2.75) is 45.6 Å². The van der Waals surface area contributed by atoms with Crippen molar-refractivity contribution in [3.8, 4) is 0 Å². The molecule has 2 atom stereocenters. The van der Waals surface area contributed by atoms with Crippen LogP contribution in [0.3, 0.4) is 0 Å². The molecule has 0 aromatic heterocycles. The molecule has 2 aliphatic heterocycles. The van der Waals surface area contributed by atoms with E-state index in [2.05, 4.69) is 16.7 Å². The average Bonchev–Trinajstić information content (AvgIpc) is 2.98. The number of piperidine rings is 1. The fourth-order valence-corrected chi connectivity index (χ4v) is 3.57. The molecule has 0 spiro atoms. The van der Waals surface area contributed by atoms with Crippen LogP contribution in [0, 0.1) is 11.8 Å². The Morgan fingerprint density at radius 2 is 1.75 bits per heavy atom. The highest BCUT2D eigenvalue weighted by Gasteiger charge is 2.30. The molecule has 20 heavy (non-hydrogen) atoms. The maximum Gasteiger partial charge on any atom is 0.309 e. The molecule has 0 saturated carbocycles. The predicted octanol–water partition coefficient (Wildman–Crippen LogP) is 1.99. The Labute approximate surface area is 123 Å². The predicted molar refractivity (Wildman–Crippen MR) is 80.6 cm³/mol. The van der Waals surface area contributed by atoms with E-state index in [-0.39, 0.29) is 17.9 Å². The van der Waals surface area contributed by atoms with Crippen LogP contribution in [0.2, 0.25) is 0 Å². The van der Waals surface area contributed by atoms with Crippen molar-refractivity contribution >= 4 is 5.97 Å². The van der Waals surface area contributed by atoms with E-state index in [1.165, 1.54) is 52.4 Å². The molecule has 2 heterocycles. The molecule has 2 saturated heterocycles. The standard InChI is InChI=1S/C16H30N2O2/c1-13(16(19)20-3)14(2)18-10-6-15(7-11-18)12-17-8-4-5-9-17/h13-15H,4-12H2,1-3H3. The summed E-state index contributed by atoms with van der Waals surface area (Å²) >= 11 is 0. The van der Waals surface area contributed by atoms with E-state index >= 15 is 0 Å². The first kappa shape index (κ1) is 15.8. The number of hydrogen-bond acceptors (Lipinski definition) is 4. The Hall–Kier alpha value is -0.610. The van der Waals surface area contributed by atoms with Crippen LogP contribution >= 0.6 is 0 Å². The maximum absolute atomic E-state index is 11.6. The van der Waals surface area contributed by atoms with E-state index in [1.54, 1.807) is 0 Å². The SMILES string of the molecule is COC(=O)C(C)C(C)N1CCC(CN2CCCC2)CC1. The third kappa shape index (κ3) is 3.95. The molecule has 2 rings (SSSR count). The van der Waals surface area contributed by atoms with Crippen LogP contribution < -0.4 is 0 Å². The van der Waals surface area contributed by atoms with Gasteiger partial charge in [0.25, 0.3) is 0 Å². The first-order valence-corrected chi connectivity index (χ1v) is 8.16. The smallest absolute Gasteiger partial charge is 0.309 e. The monoisotopic (exact) mass is 282 g/mol. The summed E-state index contributed by atoms with van der Waals surface area (Å²) in [5.41, 5.74) is 0. The topological polar surface area (TPSA) is 32.8 Å². The van der Waals surface area contributed by atoms with Gasteiger partial charge in [-0.1, -0.05) is 6.92 Å². The summed E-state index contributed by atoms with van der Waals surface area (Å²) in [6, 6.07) is 0.287. The maximum atomic E-state index is 11.6. The molecule has 0 aromatic rings. The van der Waals surface area contributed by atoms with Gasteiger partial charge in [-0.25, -0.2) is 0 Å². The van der Waals surface area contributed by atoms with E-state index in [1.807, 2.05) is 6.92 Å². The van der Waals surface area contributed by atoms with Crippen LogP contribution in [0.1, 0.15) is 39.5 Å². The zero-order chi connectivity index (χ0) is 14.5. The molecule has 0 amide bonds. The summed E-state index contributed by atoms with van der Waals surface area (Å²) in [5.74, 6) is 0.733. The van der Waals surface area contributed by atoms with Crippen LogP contribution in [0.15, 0.2) is 0 Å². The number of esters is 1. The highest BCUT2D eigenvalue weighted by molar-refractivity contribution is 5.72. The summed E-state index contributed by atoms with van der Waals surface area (Å²) < 4.78 is 4.86. The van der Waals surface area contributed by atoms with E-state index in [0.717, 1.165) is 19.0 Å². The number of likely N-dealkylation sites (tertiary alicyclic amines) is 2. The quantitative estimate of drug-likeness (QED) is 0.722. The summed E-state index contributed by atoms with van der Waals surface area (Å²) in [7, 11) is 1.48. The minimum Gasteiger partial charge on any atom is -0.469 e. The lowest BCUT2D eigenvalue weighted by atomic mass is 9.93. The van der Waals surface area contributed by atoms with Crippen molar-refractivity contribution in [1.82, 2.24) is 9.80 Å². The number of carbonyl (C=O) groups excluding carboxylic acids is 1. The second kappa shape index (κ2) is 7.41. The first-order valence-electron chi connectivity index (χ1n) is 8.16. The molecule has 4 heteroatoms. The van der Waals surface area contributed by atoms with Crippen LogP contribution in [0.5, 0.6) is 0 Å². The normalized spacial score (nSPS) is 25.6. The molecule has 0 N–H and O–H groups in total. The Morgan fingerprint density at radius 3 is 2.30 bits per heavy atom. The summed E-state index contributed by atoms with van der Waals surface area (Å²) in [5, 5.41) is 0. The molecule has 116 valence electrons. The van der Waals surface area contributed by atoms with Gasteiger partial charge in [-0.15, -0.1) is 0 Å². The van der Waals surface area contributed by atoms with Gasteiger partial charge in [0, 0.05) is 12.6 Å². The third-order valence-corrected chi connectivity index (χ3v) is 5.24. The number of hydrogen-bond donors (Lipinski definition) is 0. The Balaban J connectivity index is 1.74. The highest BCUT2D eigenvalue weighted by atomic mass is 16.5. The van der Waals surface area contributed by atoms with E-state index < -0.39 is 0 Å². The molecular formula is C16H30N2O2. The van der Waals surface area contributed by atoms with Crippen LogP contribution in [-0.4, -0.2) is 61.6 Å². The zero-order valence-corrected chi connectivity index (χ0v) is 13.3. The van der Waals surface area contributed by atoms with Crippen molar-refractivity contribution < 1.29 is 9.53 Å². The van der Waals surface area contributed by atoms with Crippen LogP contribution in [-0.2, 0) is 9.53 Å². The zero-order valence-electron chi connectivity index (χ0n) is 13.3. The van der Waals surface area contributed by atoms with Crippen molar-refractivity contribution in [2.75, 3.05) is 39.8 Å². The average molecular weight is 282 g/mol. The molecule has 2 fully saturated rings. The van der Waals surface area contributed by atoms with Gasteiger partial charge in [-0.3, -0.25) is 9.69 Å². The number of carbonyl (C=O) groups is 1. The fraction of sp³-hybridized carbons (Fsp3) is 0.938. The van der Waals surface area contributed by atoms with Gasteiger partial charge in [-0.05, 0) is 64.7 Å². The number of ether oxygens (including phenoxy) is 1. The fourth-order valence-electron chi connectivity index (χ4n) is 3.57. The lowest BCUT2D eigenvalue weighted by Crippen LogP contribution is -2.46. The molecule has 0 radical (unpaired) electrons. The first-order chi connectivity index (χ1) is 9.61. The molecule has 0 aromatic carbocycles. The van der Waals surface area contributed by atoms with Gasteiger partial charge in [0.05, 0.1) is 13.0 Å². The Bertz CT molecular complexity index is 308. The molecule has 2 unspecified atom stereocenters. The van der Waals surface area contributed by atoms with E-state index in [9.17, 15) is 4.79 Å². The van der Waals surface area contributed by atoms with Crippen LogP contribution in [0.25, 0.3) is 0 Å². The van der Waals surface area contributed by atoms with Gasteiger partial charge in [0.2, 0.25) is 0 Å². The van der Waals surface area contributed by atoms with E-state index in [0.29, 0.717) is 0 Å². The number of rotatable bonds is 5. The second-order valence-electron chi connectivity index (χ2n) is 6.54. The van der Waals surface area contributed by atoms with Gasteiger partial charge < -0.3 is 9.64 Å². The molecule has 4 nitrogen and oxygen atoms in total. The van der Waals surface area contributed by atoms with E-state index in [4.69, 9.17) is 4.74 Å². The molecular weight excluding hydrogens is 252 g/mol. The molecule has 0 bridgehead atoms. The van der Waals surface area contributed by atoms with Gasteiger partial charge in [0.1, 0.15) is 0 Å². The molecule has 0 aliphatic carbocycles. The minimum absolute atomic E-state index is 0.0323. The number of methoxy groups -OCH3 is 1. The van der Waals surface area contributed by atoms with Gasteiger partial charge in [-0.2, -0.15) is 0 Å². The summed E-state index contributed by atoms with van der Waals surface area (Å²) in [4.78, 5) is 16.7. The lowest BCUT2D eigenvalue weighted by molar-refractivity contribution is -0.147. The van der Waals surface area contributed by atoms with Gasteiger partial charge >= 0.3 is 5.97 Å². The van der Waals surface area contributed by atoms with Crippen LogP contribution in [0.4, 0.5) is 0 Å². The number of nitrogens with zero attached hydrogens (tertiary/aromatic N) is 2. The summed E-state index contributed by atoms with van der Waals surface area (Å²) in [6.07, 6.45) is 5.31. The Morgan fingerprint density at radius 1 is 1.15 bits per heavy atom. The van der Waals surface area contributed by atoms with Crippen molar-refractivity contribution in [3.05, 3.63) is 0 Å². The minimum atomic E-state index is -0.0864. The Kier molecular flexibility index (Phi) is 5.85. The van der Waals surface area contributed by atoms with Crippen molar-refractivity contribution in [1.29, 1.82) is 0 Å². The second-order valence-corrected chi connectivity index (χ2v) is 6.54.